The van der Waals surface area contributed by atoms with E-state index in [1.54, 1.807) is 0 Å². The molecular formula is C13H21N3O2S. The Balaban J connectivity index is 1.83. The molecule has 0 unspecified atom stereocenters. The zero-order valence-electron chi connectivity index (χ0n) is 11.3. The monoisotopic (exact) mass is 283 g/mol. The molecule has 2 rings (SSSR count). The number of carbonyl (C=O) groups is 1. The molecule has 1 amide bonds. The number of amides is 1. The van der Waals surface area contributed by atoms with Gasteiger partial charge in [0, 0.05) is 6.42 Å². The molecule has 0 radical (unpaired) electrons. The molecule has 1 heterocycles. The molecule has 1 saturated carbocycles. The highest BCUT2D eigenvalue weighted by Gasteiger charge is 2.33. The molecular weight excluding hydrogens is 262 g/mol. The van der Waals surface area contributed by atoms with Crippen LogP contribution in [0, 0.1) is 0 Å². The van der Waals surface area contributed by atoms with Gasteiger partial charge in [0.2, 0.25) is 11.0 Å². The van der Waals surface area contributed by atoms with Crippen molar-refractivity contribution in [3.05, 3.63) is 5.01 Å². The quantitative estimate of drug-likeness (QED) is 0.841. The molecule has 1 aromatic heterocycles. The second-order valence-electron chi connectivity index (χ2n) is 5.26. The molecule has 2 N–H and O–H groups in total. The Bertz CT molecular complexity index is 427. The number of hydrogen-bond acceptors (Lipinski definition) is 5. The van der Waals surface area contributed by atoms with Crippen LogP contribution >= 0.6 is 11.3 Å². The molecule has 0 atom stereocenters. The molecule has 0 aromatic carbocycles. The summed E-state index contributed by atoms with van der Waals surface area (Å²) < 4.78 is 0. The van der Waals surface area contributed by atoms with Crippen molar-refractivity contribution >= 4 is 22.4 Å². The summed E-state index contributed by atoms with van der Waals surface area (Å²) in [6, 6.07) is 0. The van der Waals surface area contributed by atoms with Gasteiger partial charge in [0.1, 0.15) is 5.01 Å². The van der Waals surface area contributed by atoms with Gasteiger partial charge < -0.3 is 10.4 Å². The summed E-state index contributed by atoms with van der Waals surface area (Å²) in [5.74, 6) is -0.164. The molecule has 0 saturated heterocycles. The summed E-state index contributed by atoms with van der Waals surface area (Å²) >= 11 is 1.42. The lowest BCUT2D eigenvalue weighted by Gasteiger charge is -2.20. The SMILES string of the molecule is CCCCc1nnc(NC(=O)CC2(O)CCCC2)s1. The fraction of sp³-hybridized carbons (Fsp3) is 0.769. The Morgan fingerprint density at radius 3 is 2.84 bits per heavy atom. The average Bonchev–Trinajstić information content (AvgIpc) is 2.96. The third-order valence-corrected chi connectivity index (χ3v) is 4.38. The van der Waals surface area contributed by atoms with Crippen LogP contribution in [0.3, 0.4) is 0 Å². The van der Waals surface area contributed by atoms with E-state index in [4.69, 9.17) is 0 Å². The molecule has 1 aromatic rings. The molecule has 5 nitrogen and oxygen atoms in total. The minimum atomic E-state index is -0.806. The summed E-state index contributed by atoms with van der Waals surface area (Å²) in [7, 11) is 0. The van der Waals surface area contributed by atoms with E-state index in [-0.39, 0.29) is 12.3 Å². The molecule has 0 bridgehead atoms. The normalized spacial score (nSPS) is 17.6. The molecule has 0 aliphatic heterocycles. The van der Waals surface area contributed by atoms with Crippen LogP contribution in [0.1, 0.15) is 56.9 Å². The van der Waals surface area contributed by atoms with Crippen molar-refractivity contribution in [2.75, 3.05) is 5.32 Å². The summed E-state index contributed by atoms with van der Waals surface area (Å²) in [6.45, 7) is 2.13. The summed E-state index contributed by atoms with van der Waals surface area (Å²) in [4.78, 5) is 11.9. The standard InChI is InChI=1S/C13H21N3O2S/c1-2-3-6-11-15-16-12(19-11)14-10(17)9-13(18)7-4-5-8-13/h18H,2-9H2,1H3,(H,14,16,17). The first-order chi connectivity index (χ1) is 9.11. The molecule has 1 aliphatic rings. The van der Waals surface area contributed by atoms with E-state index >= 15 is 0 Å². The molecule has 0 spiro atoms. The van der Waals surface area contributed by atoms with E-state index in [1.165, 1.54) is 11.3 Å². The maximum absolute atomic E-state index is 11.9. The summed E-state index contributed by atoms with van der Waals surface area (Å²) in [6.07, 6.45) is 6.73. The first kappa shape index (κ1) is 14.4. The highest BCUT2D eigenvalue weighted by Crippen LogP contribution is 2.32. The maximum atomic E-state index is 11.9. The van der Waals surface area contributed by atoms with Crippen LogP contribution in [0.2, 0.25) is 0 Å². The Morgan fingerprint density at radius 2 is 2.16 bits per heavy atom. The maximum Gasteiger partial charge on any atom is 0.229 e. The van der Waals surface area contributed by atoms with E-state index in [0.29, 0.717) is 5.13 Å². The number of nitrogens with one attached hydrogen (secondary N) is 1. The molecule has 106 valence electrons. The molecule has 1 aliphatic carbocycles. The van der Waals surface area contributed by atoms with Gasteiger partial charge >= 0.3 is 0 Å². The van der Waals surface area contributed by atoms with Crippen LogP contribution in [-0.2, 0) is 11.2 Å². The van der Waals surface area contributed by atoms with Crippen LogP contribution < -0.4 is 5.32 Å². The minimum Gasteiger partial charge on any atom is -0.389 e. The number of carbonyl (C=O) groups excluding carboxylic acids is 1. The molecule has 19 heavy (non-hydrogen) atoms. The zero-order valence-corrected chi connectivity index (χ0v) is 12.1. The van der Waals surface area contributed by atoms with Crippen molar-refractivity contribution in [1.82, 2.24) is 10.2 Å². The number of aromatic nitrogens is 2. The largest absolute Gasteiger partial charge is 0.389 e. The number of nitrogens with zero attached hydrogens (tertiary/aromatic N) is 2. The van der Waals surface area contributed by atoms with Crippen molar-refractivity contribution < 1.29 is 9.90 Å². The van der Waals surface area contributed by atoms with Gasteiger partial charge in [-0.15, -0.1) is 10.2 Å². The van der Waals surface area contributed by atoms with Gasteiger partial charge in [-0.25, -0.2) is 0 Å². The fourth-order valence-electron chi connectivity index (χ4n) is 2.41. The topological polar surface area (TPSA) is 75.1 Å². The number of rotatable bonds is 6. The van der Waals surface area contributed by atoms with Gasteiger partial charge in [0.25, 0.3) is 0 Å². The van der Waals surface area contributed by atoms with Crippen LogP contribution in [0.4, 0.5) is 5.13 Å². The molecule has 1 fully saturated rings. The van der Waals surface area contributed by atoms with E-state index in [2.05, 4.69) is 22.4 Å². The Morgan fingerprint density at radius 1 is 1.42 bits per heavy atom. The van der Waals surface area contributed by atoms with E-state index in [9.17, 15) is 9.90 Å². The second-order valence-corrected chi connectivity index (χ2v) is 6.32. The third-order valence-electron chi connectivity index (χ3n) is 3.48. The number of aliphatic hydroxyl groups is 1. The smallest absolute Gasteiger partial charge is 0.229 e. The predicted octanol–water partition coefficient (Wildman–Crippen LogP) is 2.51. The van der Waals surface area contributed by atoms with E-state index < -0.39 is 5.60 Å². The number of anilines is 1. The highest BCUT2D eigenvalue weighted by atomic mass is 32.1. The van der Waals surface area contributed by atoms with Crippen molar-refractivity contribution in [1.29, 1.82) is 0 Å². The lowest BCUT2D eigenvalue weighted by atomic mass is 9.98. The van der Waals surface area contributed by atoms with E-state index in [1.807, 2.05) is 0 Å². The lowest BCUT2D eigenvalue weighted by molar-refractivity contribution is -0.120. The minimum absolute atomic E-state index is 0.164. The second kappa shape index (κ2) is 6.43. The molecule has 6 heteroatoms. The van der Waals surface area contributed by atoms with Crippen molar-refractivity contribution in [3.63, 3.8) is 0 Å². The summed E-state index contributed by atoms with van der Waals surface area (Å²) in [5.41, 5.74) is -0.806. The zero-order chi connectivity index (χ0) is 13.7. The summed E-state index contributed by atoms with van der Waals surface area (Å²) in [5, 5.41) is 22.4. The third kappa shape index (κ3) is 4.24. The Kier molecular flexibility index (Phi) is 4.87. The fourth-order valence-corrected chi connectivity index (χ4v) is 3.20. The van der Waals surface area contributed by atoms with Gasteiger partial charge in [-0.05, 0) is 19.3 Å². The van der Waals surface area contributed by atoms with Crippen molar-refractivity contribution in [3.8, 4) is 0 Å². The van der Waals surface area contributed by atoms with Crippen molar-refractivity contribution in [2.45, 2.75) is 63.9 Å². The first-order valence-electron chi connectivity index (χ1n) is 6.96. The van der Waals surface area contributed by atoms with Gasteiger partial charge in [0.15, 0.2) is 0 Å². The number of hydrogen-bond donors (Lipinski definition) is 2. The van der Waals surface area contributed by atoms with Crippen LogP contribution in [0.25, 0.3) is 0 Å². The van der Waals surface area contributed by atoms with Crippen LogP contribution in [0.15, 0.2) is 0 Å². The van der Waals surface area contributed by atoms with Gasteiger partial charge in [-0.3, -0.25) is 4.79 Å². The van der Waals surface area contributed by atoms with Crippen molar-refractivity contribution in [2.24, 2.45) is 0 Å². The predicted molar refractivity (Wildman–Crippen MR) is 75.2 cm³/mol. The van der Waals surface area contributed by atoms with Gasteiger partial charge in [-0.1, -0.05) is 37.5 Å². The first-order valence-corrected chi connectivity index (χ1v) is 7.77. The highest BCUT2D eigenvalue weighted by molar-refractivity contribution is 7.15. The van der Waals surface area contributed by atoms with Crippen LogP contribution in [-0.4, -0.2) is 26.8 Å². The number of unbranched alkanes of at least 4 members (excludes halogenated alkanes) is 1. The Hall–Kier alpha value is -1.01. The average molecular weight is 283 g/mol. The Labute approximate surface area is 117 Å². The number of aryl methyl sites for hydroxylation is 1. The van der Waals surface area contributed by atoms with Gasteiger partial charge in [-0.2, -0.15) is 0 Å². The van der Waals surface area contributed by atoms with Crippen LogP contribution in [0.5, 0.6) is 0 Å². The van der Waals surface area contributed by atoms with Gasteiger partial charge in [0.05, 0.1) is 12.0 Å². The lowest BCUT2D eigenvalue weighted by Crippen LogP contribution is -2.30. The van der Waals surface area contributed by atoms with E-state index in [0.717, 1.165) is 50.0 Å².